The molecule has 0 radical (unpaired) electrons. The number of ether oxygens (including phenoxy) is 1. The Kier molecular flexibility index (Phi) is 5.64. The van der Waals surface area contributed by atoms with Gasteiger partial charge in [-0.25, -0.2) is 0 Å². The number of rotatable bonds is 4. The summed E-state index contributed by atoms with van der Waals surface area (Å²) in [5.74, 6) is 0.784. The molecule has 0 fully saturated rings. The first-order valence-corrected chi connectivity index (χ1v) is 7.83. The van der Waals surface area contributed by atoms with Crippen LogP contribution in [0, 0.1) is 43.4 Å². The molecule has 120 valence electrons. The fourth-order valence-electron chi connectivity index (χ4n) is 2.40. The third-order valence-electron chi connectivity index (χ3n) is 3.79. The second-order valence-corrected chi connectivity index (χ2v) is 6.05. The van der Waals surface area contributed by atoms with Crippen LogP contribution in [0.2, 0.25) is 5.02 Å². The van der Waals surface area contributed by atoms with E-state index in [0.717, 1.165) is 33.6 Å². The van der Waals surface area contributed by atoms with Crippen molar-refractivity contribution in [3.8, 4) is 17.9 Å². The summed E-state index contributed by atoms with van der Waals surface area (Å²) in [6.07, 6.45) is 1.60. The standard InChI is InChI=1S/C20H17ClN2O/c1-13-6-14(2)18(9-17(13)8-16(10-22)11-23)12-24-20-5-4-19(21)7-15(20)3/h4-9H,12H2,1-3H3. The lowest BCUT2D eigenvalue weighted by Gasteiger charge is -2.13. The molecule has 0 aliphatic rings. The zero-order valence-electron chi connectivity index (χ0n) is 13.9. The van der Waals surface area contributed by atoms with Crippen LogP contribution in [-0.4, -0.2) is 0 Å². The fraction of sp³-hybridized carbons (Fsp3) is 0.200. The molecule has 0 aromatic heterocycles. The van der Waals surface area contributed by atoms with Crippen molar-refractivity contribution in [2.75, 3.05) is 0 Å². The van der Waals surface area contributed by atoms with Gasteiger partial charge in [-0.3, -0.25) is 0 Å². The SMILES string of the molecule is Cc1cc(C)c(COc2ccc(Cl)cc2C)cc1C=C(C#N)C#N. The molecule has 2 aromatic rings. The van der Waals surface area contributed by atoms with E-state index in [1.165, 1.54) is 0 Å². The predicted molar refractivity (Wildman–Crippen MR) is 95.6 cm³/mol. The second kappa shape index (κ2) is 7.68. The number of allylic oxidation sites excluding steroid dienone is 1. The van der Waals surface area contributed by atoms with E-state index in [2.05, 4.69) is 0 Å². The van der Waals surface area contributed by atoms with Crippen LogP contribution >= 0.6 is 11.6 Å². The van der Waals surface area contributed by atoms with Crippen LogP contribution in [0.25, 0.3) is 6.08 Å². The van der Waals surface area contributed by atoms with Gasteiger partial charge < -0.3 is 4.74 Å². The first-order chi connectivity index (χ1) is 11.4. The smallest absolute Gasteiger partial charge is 0.130 e. The molecule has 0 atom stereocenters. The van der Waals surface area contributed by atoms with E-state index in [1.807, 2.05) is 57.2 Å². The molecule has 0 saturated heterocycles. The summed E-state index contributed by atoms with van der Waals surface area (Å²) in [7, 11) is 0. The normalized spacial score (nSPS) is 9.75. The summed E-state index contributed by atoms with van der Waals surface area (Å²) in [5, 5.41) is 18.5. The molecule has 2 rings (SSSR count). The lowest BCUT2D eigenvalue weighted by molar-refractivity contribution is 0.303. The number of benzene rings is 2. The molecule has 0 heterocycles. The van der Waals surface area contributed by atoms with Crippen LogP contribution in [0.1, 0.15) is 27.8 Å². The number of nitriles is 2. The van der Waals surface area contributed by atoms with Gasteiger partial charge in [0, 0.05) is 5.02 Å². The molecule has 0 aliphatic carbocycles. The van der Waals surface area contributed by atoms with Gasteiger partial charge in [0.05, 0.1) is 0 Å². The third kappa shape index (κ3) is 4.16. The predicted octanol–water partition coefficient (Wildman–Crippen LogP) is 5.27. The Morgan fingerprint density at radius 1 is 1.04 bits per heavy atom. The van der Waals surface area contributed by atoms with E-state index in [-0.39, 0.29) is 5.57 Å². The van der Waals surface area contributed by atoms with Gasteiger partial charge in [-0.05, 0) is 78.9 Å². The maximum absolute atomic E-state index is 8.93. The Morgan fingerprint density at radius 2 is 1.75 bits per heavy atom. The quantitative estimate of drug-likeness (QED) is 0.714. The molecule has 0 spiro atoms. The van der Waals surface area contributed by atoms with Crippen molar-refractivity contribution in [1.29, 1.82) is 10.5 Å². The first-order valence-electron chi connectivity index (χ1n) is 7.45. The molecule has 0 saturated carbocycles. The van der Waals surface area contributed by atoms with E-state index in [0.29, 0.717) is 11.6 Å². The molecule has 0 unspecified atom stereocenters. The zero-order chi connectivity index (χ0) is 17.7. The van der Waals surface area contributed by atoms with E-state index in [1.54, 1.807) is 12.1 Å². The van der Waals surface area contributed by atoms with E-state index >= 15 is 0 Å². The minimum Gasteiger partial charge on any atom is -0.489 e. The van der Waals surface area contributed by atoms with Crippen LogP contribution < -0.4 is 4.74 Å². The topological polar surface area (TPSA) is 56.8 Å². The lowest BCUT2D eigenvalue weighted by Crippen LogP contribution is -2.01. The summed E-state index contributed by atoms with van der Waals surface area (Å²) >= 11 is 5.96. The van der Waals surface area contributed by atoms with Crippen molar-refractivity contribution in [2.45, 2.75) is 27.4 Å². The Hall–Kier alpha value is -2.75. The van der Waals surface area contributed by atoms with Crippen molar-refractivity contribution in [3.05, 3.63) is 68.7 Å². The van der Waals surface area contributed by atoms with Crippen molar-refractivity contribution >= 4 is 17.7 Å². The van der Waals surface area contributed by atoms with Gasteiger partial charge in [-0.1, -0.05) is 17.7 Å². The monoisotopic (exact) mass is 336 g/mol. The van der Waals surface area contributed by atoms with Gasteiger partial charge in [0.2, 0.25) is 0 Å². The maximum Gasteiger partial charge on any atom is 0.130 e. The molecular formula is C20H17ClN2O. The van der Waals surface area contributed by atoms with E-state index < -0.39 is 0 Å². The van der Waals surface area contributed by atoms with Gasteiger partial charge in [-0.2, -0.15) is 10.5 Å². The van der Waals surface area contributed by atoms with Crippen LogP contribution in [0.5, 0.6) is 5.75 Å². The van der Waals surface area contributed by atoms with Crippen molar-refractivity contribution < 1.29 is 4.74 Å². The molecule has 0 aliphatic heterocycles. The minimum atomic E-state index is 0.0855. The molecule has 0 amide bonds. The van der Waals surface area contributed by atoms with Crippen molar-refractivity contribution in [3.63, 3.8) is 0 Å². The molecule has 24 heavy (non-hydrogen) atoms. The van der Waals surface area contributed by atoms with Crippen molar-refractivity contribution in [2.24, 2.45) is 0 Å². The fourth-order valence-corrected chi connectivity index (χ4v) is 2.63. The van der Waals surface area contributed by atoms with Crippen molar-refractivity contribution in [1.82, 2.24) is 0 Å². The van der Waals surface area contributed by atoms with Gasteiger partial charge in [0.25, 0.3) is 0 Å². The molecular weight excluding hydrogens is 320 g/mol. The molecule has 0 bridgehead atoms. The second-order valence-electron chi connectivity index (χ2n) is 5.62. The summed E-state index contributed by atoms with van der Waals surface area (Å²) < 4.78 is 5.90. The highest BCUT2D eigenvalue weighted by molar-refractivity contribution is 6.30. The number of hydrogen-bond donors (Lipinski definition) is 0. The van der Waals surface area contributed by atoms with E-state index in [4.69, 9.17) is 26.9 Å². The summed E-state index contributed by atoms with van der Waals surface area (Å²) in [6, 6.07) is 13.3. The van der Waals surface area contributed by atoms with Gasteiger partial charge in [-0.15, -0.1) is 0 Å². The van der Waals surface area contributed by atoms with Crippen LogP contribution in [0.3, 0.4) is 0 Å². The van der Waals surface area contributed by atoms with E-state index in [9.17, 15) is 0 Å². The lowest BCUT2D eigenvalue weighted by atomic mass is 9.99. The molecule has 3 nitrogen and oxygen atoms in total. The Labute approximate surface area is 147 Å². The highest BCUT2D eigenvalue weighted by Crippen LogP contribution is 2.24. The Morgan fingerprint density at radius 3 is 2.38 bits per heavy atom. The highest BCUT2D eigenvalue weighted by Gasteiger charge is 2.07. The number of halogens is 1. The van der Waals surface area contributed by atoms with Crippen LogP contribution in [0.15, 0.2) is 35.9 Å². The Balaban J connectivity index is 2.29. The first kappa shape index (κ1) is 17.6. The van der Waals surface area contributed by atoms with Crippen LogP contribution in [0.4, 0.5) is 0 Å². The summed E-state index contributed by atoms with van der Waals surface area (Å²) in [5.41, 5.74) is 5.04. The number of hydrogen-bond acceptors (Lipinski definition) is 3. The third-order valence-corrected chi connectivity index (χ3v) is 4.02. The average molecular weight is 337 g/mol. The molecule has 4 heteroatoms. The number of aryl methyl sites for hydroxylation is 3. The maximum atomic E-state index is 8.93. The summed E-state index contributed by atoms with van der Waals surface area (Å²) in [6.45, 7) is 6.33. The van der Waals surface area contributed by atoms with Gasteiger partial charge >= 0.3 is 0 Å². The van der Waals surface area contributed by atoms with Crippen LogP contribution in [-0.2, 0) is 6.61 Å². The molecule has 0 N–H and O–H groups in total. The Bertz CT molecular complexity index is 870. The number of nitrogens with zero attached hydrogens (tertiary/aromatic N) is 2. The molecule has 2 aromatic carbocycles. The average Bonchev–Trinajstić information content (AvgIpc) is 2.54. The van der Waals surface area contributed by atoms with Gasteiger partial charge in [0.1, 0.15) is 30.1 Å². The largest absolute Gasteiger partial charge is 0.489 e. The van der Waals surface area contributed by atoms with Gasteiger partial charge in [0.15, 0.2) is 0 Å². The minimum absolute atomic E-state index is 0.0855. The highest BCUT2D eigenvalue weighted by atomic mass is 35.5. The summed E-state index contributed by atoms with van der Waals surface area (Å²) in [4.78, 5) is 0. The zero-order valence-corrected chi connectivity index (χ0v) is 14.6.